The van der Waals surface area contributed by atoms with Crippen LogP contribution in [-0.2, 0) is 11.2 Å². The highest BCUT2D eigenvalue weighted by molar-refractivity contribution is 5.97. The lowest BCUT2D eigenvalue weighted by molar-refractivity contribution is -0.115. The molecule has 0 aliphatic heterocycles. The molecule has 7 nitrogen and oxygen atoms in total. The summed E-state index contributed by atoms with van der Waals surface area (Å²) in [5.74, 6) is -2.00. The Morgan fingerprint density at radius 2 is 1.96 bits per heavy atom. The molecule has 7 heteroatoms. The lowest BCUT2D eigenvalue weighted by Crippen LogP contribution is -2.15. The number of hydrogen-bond donors (Lipinski definition) is 3. The fraction of sp³-hybridized carbons (Fsp3) is 0.167. The second-order valence-corrected chi connectivity index (χ2v) is 5.85. The van der Waals surface area contributed by atoms with E-state index < -0.39 is 5.97 Å². The average Bonchev–Trinajstić information content (AvgIpc) is 2.91. The summed E-state index contributed by atoms with van der Waals surface area (Å²) in [7, 11) is 0. The van der Waals surface area contributed by atoms with Gasteiger partial charge >= 0.3 is 5.97 Å². The molecule has 1 aromatic heterocycles. The van der Waals surface area contributed by atoms with E-state index in [1.54, 1.807) is 0 Å². The van der Waals surface area contributed by atoms with E-state index in [1.165, 1.54) is 18.2 Å². The van der Waals surface area contributed by atoms with E-state index in [1.807, 2.05) is 26.0 Å². The molecular weight excluding hydrogens is 324 g/mol. The fourth-order valence-electron chi connectivity index (χ4n) is 2.78. The average molecular weight is 340 g/mol. The maximum atomic E-state index is 12.3. The fourth-order valence-corrected chi connectivity index (χ4v) is 2.78. The van der Waals surface area contributed by atoms with Crippen molar-refractivity contribution in [2.75, 3.05) is 5.32 Å². The van der Waals surface area contributed by atoms with Gasteiger partial charge < -0.3 is 20.1 Å². The van der Waals surface area contributed by atoms with Crippen LogP contribution in [-0.4, -0.2) is 27.2 Å². The van der Waals surface area contributed by atoms with E-state index in [2.05, 4.69) is 10.5 Å². The third kappa shape index (κ3) is 3.30. The largest absolute Gasteiger partial charge is 0.507 e. The SMILES string of the molecule is Cc1cc(C)c2c(CC(=O)Nc3ccc(O)c(C(=O)O)c3)noc2c1. The number of carbonyl (C=O) groups is 2. The van der Waals surface area contributed by atoms with E-state index in [0.29, 0.717) is 11.3 Å². The van der Waals surface area contributed by atoms with Gasteiger partial charge in [0.2, 0.25) is 5.91 Å². The van der Waals surface area contributed by atoms with Crippen molar-refractivity contribution in [2.45, 2.75) is 20.3 Å². The molecule has 2 aromatic carbocycles. The van der Waals surface area contributed by atoms with Gasteiger partial charge in [0.05, 0.1) is 6.42 Å². The predicted octanol–water partition coefficient (Wildman–Crippen LogP) is 3.03. The maximum Gasteiger partial charge on any atom is 0.339 e. The van der Waals surface area contributed by atoms with Gasteiger partial charge in [0.1, 0.15) is 17.0 Å². The molecule has 25 heavy (non-hydrogen) atoms. The van der Waals surface area contributed by atoms with E-state index in [9.17, 15) is 14.7 Å². The minimum Gasteiger partial charge on any atom is -0.507 e. The number of aryl methyl sites for hydroxylation is 2. The first kappa shape index (κ1) is 16.5. The van der Waals surface area contributed by atoms with Crippen molar-refractivity contribution >= 4 is 28.5 Å². The molecule has 3 rings (SSSR count). The smallest absolute Gasteiger partial charge is 0.339 e. The van der Waals surface area contributed by atoms with Crippen LogP contribution in [0.3, 0.4) is 0 Å². The zero-order valence-electron chi connectivity index (χ0n) is 13.7. The van der Waals surface area contributed by atoms with E-state index >= 15 is 0 Å². The molecule has 3 aromatic rings. The summed E-state index contributed by atoms with van der Waals surface area (Å²) in [5.41, 5.74) is 3.15. The zero-order chi connectivity index (χ0) is 18.1. The minimum atomic E-state index is -1.28. The Kier molecular flexibility index (Phi) is 4.14. The summed E-state index contributed by atoms with van der Waals surface area (Å²) in [4.78, 5) is 23.3. The van der Waals surface area contributed by atoms with Crippen molar-refractivity contribution < 1.29 is 24.3 Å². The number of aromatic hydroxyl groups is 1. The van der Waals surface area contributed by atoms with Crippen LogP contribution in [0.1, 0.15) is 27.2 Å². The standard InChI is InChI=1S/C18H16N2O5/c1-9-5-10(2)17-13(20-25-15(17)6-9)8-16(22)19-11-3-4-14(21)12(7-11)18(23)24/h3-7,21H,8H2,1-2H3,(H,19,22)(H,23,24). The Morgan fingerprint density at radius 1 is 1.20 bits per heavy atom. The van der Waals surface area contributed by atoms with Gasteiger partial charge in [-0.3, -0.25) is 4.79 Å². The number of rotatable bonds is 4. The van der Waals surface area contributed by atoms with Gasteiger partial charge in [-0.1, -0.05) is 11.2 Å². The Hall–Kier alpha value is -3.35. The lowest BCUT2D eigenvalue weighted by Gasteiger charge is -2.07. The van der Waals surface area contributed by atoms with Crippen molar-refractivity contribution in [3.8, 4) is 5.75 Å². The monoisotopic (exact) mass is 340 g/mol. The van der Waals surface area contributed by atoms with Gasteiger partial charge in [-0.2, -0.15) is 0 Å². The van der Waals surface area contributed by atoms with Gasteiger partial charge in [0.15, 0.2) is 5.58 Å². The van der Waals surface area contributed by atoms with Crippen molar-refractivity contribution in [1.29, 1.82) is 0 Å². The third-order valence-corrected chi connectivity index (χ3v) is 3.83. The second-order valence-electron chi connectivity index (χ2n) is 5.85. The Bertz CT molecular complexity index is 991. The van der Waals surface area contributed by atoms with Crippen molar-refractivity contribution in [3.05, 3.63) is 52.7 Å². The topological polar surface area (TPSA) is 113 Å². The molecule has 0 aliphatic rings. The van der Waals surface area contributed by atoms with Crippen LogP contribution in [0.5, 0.6) is 5.75 Å². The molecule has 0 unspecified atom stereocenters. The van der Waals surface area contributed by atoms with Gasteiger partial charge in [-0.15, -0.1) is 0 Å². The molecule has 128 valence electrons. The minimum absolute atomic E-state index is 0.0137. The number of aromatic nitrogens is 1. The number of aromatic carboxylic acids is 1. The van der Waals surface area contributed by atoms with Gasteiger partial charge in [-0.05, 0) is 49.2 Å². The number of carboxylic acids is 1. The Labute approximate surface area is 142 Å². The number of nitrogens with zero attached hydrogens (tertiary/aromatic N) is 1. The first-order valence-electron chi connectivity index (χ1n) is 7.57. The number of carboxylic acid groups (broad SMARTS) is 1. The normalized spacial score (nSPS) is 10.8. The molecular formula is C18H16N2O5. The predicted molar refractivity (Wildman–Crippen MR) is 90.9 cm³/mol. The van der Waals surface area contributed by atoms with Gasteiger partial charge in [-0.25, -0.2) is 4.79 Å². The number of anilines is 1. The number of carbonyl (C=O) groups excluding carboxylic acids is 1. The van der Waals surface area contributed by atoms with Crippen molar-refractivity contribution in [1.82, 2.24) is 5.16 Å². The van der Waals surface area contributed by atoms with E-state index in [0.717, 1.165) is 16.5 Å². The number of amides is 1. The first-order chi connectivity index (χ1) is 11.8. The molecule has 3 N–H and O–H groups in total. The zero-order valence-corrected chi connectivity index (χ0v) is 13.7. The highest BCUT2D eigenvalue weighted by Crippen LogP contribution is 2.25. The molecule has 1 heterocycles. The Morgan fingerprint density at radius 3 is 2.68 bits per heavy atom. The molecule has 0 fully saturated rings. The van der Waals surface area contributed by atoms with Gasteiger partial charge in [0, 0.05) is 11.1 Å². The van der Waals surface area contributed by atoms with Crippen LogP contribution in [0, 0.1) is 13.8 Å². The molecule has 0 spiro atoms. The van der Waals surface area contributed by atoms with Crippen LogP contribution >= 0.6 is 0 Å². The van der Waals surface area contributed by atoms with E-state index in [4.69, 9.17) is 9.63 Å². The number of fused-ring (bicyclic) bond motifs is 1. The summed E-state index contributed by atoms with van der Waals surface area (Å²) in [5, 5.41) is 25.9. The molecule has 1 amide bonds. The Balaban J connectivity index is 1.82. The van der Waals surface area contributed by atoms with Crippen LogP contribution in [0.15, 0.2) is 34.9 Å². The highest BCUT2D eigenvalue weighted by atomic mass is 16.5. The summed E-state index contributed by atoms with van der Waals surface area (Å²) >= 11 is 0. The van der Waals surface area contributed by atoms with Gasteiger partial charge in [0.25, 0.3) is 0 Å². The lowest BCUT2D eigenvalue weighted by atomic mass is 10.0. The third-order valence-electron chi connectivity index (χ3n) is 3.83. The number of hydrogen-bond acceptors (Lipinski definition) is 5. The van der Waals surface area contributed by atoms with Crippen molar-refractivity contribution in [3.63, 3.8) is 0 Å². The molecule has 0 atom stereocenters. The van der Waals surface area contributed by atoms with E-state index in [-0.39, 0.29) is 29.3 Å². The van der Waals surface area contributed by atoms with Crippen LogP contribution in [0.2, 0.25) is 0 Å². The second kappa shape index (κ2) is 6.27. The number of phenols is 1. The first-order valence-corrected chi connectivity index (χ1v) is 7.57. The van der Waals surface area contributed by atoms with Crippen molar-refractivity contribution in [2.24, 2.45) is 0 Å². The molecule has 0 saturated heterocycles. The number of benzene rings is 2. The molecule has 0 aliphatic carbocycles. The van der Waals surface area contributed by atoms with Crippen LogP contribution in [0.4, 0.5) is 5.69 Å². The number of nitrogens with one attached hydrogen (secondary N) is 1. The summed E-state index contributed by atoms with van der Waals surface area (Å²) in [6.07, 6.45) is -0.0137. The summed E-state index contributed by atoms with van der Waals surface area (Å²) < 4.78 is 5.29. The van der Waals surface area contributed by atoms with Crippen LogP contribution < -0.4 is 5.32 Å². The maximum absolute atomic E-state index is 12.3. The summed E-state index contributed by atoms with van der Waals surface area (Å²) in [6.45, 7) is 3.87. The highest BCUT2D eigenvalue weighted by Gasteiger charge is 2.16. The molecule has 0 bridgehead atoms. The van der Waals surface area contributed by atoms with Crippen LogP contribution in [0.25, 0.3) is 11.0 Å². The molecule has 0 saturated carbocycles. The summed E-state index contributed by atoms with van der Waals surface area (Å²) in [6, 6.07) is 7.69. The molecule has 0 radical (unpaired) electrons. The quantitative estimate of drug-likeness (QED) is 0.629.